The Labute approximate surface area is 167 Å². The Bertz CT molecular complexity index is 571. The number of nitrogens with two attached hydrogens (primary N) is 2. The van der Waals surface area contributed by atoms with Crippen LogP contribution in [0.1, 0.15) is 61.8 Å². The molecule has 0 radical (unpaired) electrons. The van der Waals surface area contributed by atoms with Crippen molar-refractivity contribution < 1.29 is 0 Å². The molecule has 2 aliphatic carbocycles. The first-order valence-electron chi connectivity index (χ1n) is 10.8. The van der Waals surface area contributed by atoms with Crippen LogP contribution in [0.25, 0.3) is 0 Å². The summed E-state index contributed by atoms with van der Waals surface area (Å²) in [5, 5.41) is 0. The zero-order valence-electron chi connectivity index (χ0n) is 18.8. The highest BCUT2D eigenvalue weighted by Crippen LogP contribution is 2.47. The maximum absolute atomic E-state index is 6.58. The summed E-state index contributed by atoms with van der Waals surface area (Å²) >= 11 is 0. The maximum atomic E-state index is 6.58. The third kappa shape index (κ3) is 3.76. The van der Waals surface area contributed by atoms with Crippen molar-refractivity contribution in [1.29, 1.82) is 0 Å². The molecule has 0 saturated heterocycles. The Morgan fingerprint density at radius 1 is 0.667 bits per heavy atom. The molecular formula is C25H42N2. The summed E-state index contributed by atoms with van der Waals surface area (Å²) in [4.78, 5) is 0. The van der Waals surface area contributed by atoms with Gasteiger partial charge in [-0.25, -0.2) is 0 Å². The summed E-state index contributed by atoms with van der Waals surface area (Å²) in [5.41, 5.74) is 16.0. The average Bonchev–Trinajstić information content (AvgIpc) is 2.57. The Morgan fingerprint density at radius 3 is 1.22 bits per heavy atom. The fourth-order valence-corrected chi connectivity index (χ4v) is 5.71. The summed E-state index contributed by atoms with van der Waals surface area (Å²) in [6.07, 6.45) is 14.8. The van der Waals surface area contributed by atoms with Gasteiger partial charge in [-0.3, -0.25) is 0 Å². The Balaban J connectivity index is 2.41. The molecule has 0 amide bonds. The van der Waals surface area contributed by atoms with Gasteiger partial charge in [0.25, 0.3) is 0 Å². The first-order chi connectivity index (χ1) is 12.5. The molecule has 2 aliphatic rings. The van der Waals surface area contributed by atoms with Crippen LogP contribution >= 0.6 is 0 Å². The lowest BCUT2D eigenvalue weighted by molar-refractivity contribution is 0.153. The van der Waals surface area contributed by atoms with E-state index in [1.165, 1.54) is 11.1 Å². The number of allylic oxidation sites excluding steroid dienone is 4. The average molecular weight is 371 g/mol. The standard InChI is InChI=1S/C25H42N2/c1-16(2)24(17(3)4)14-20(9-11-22(24)26)13-21-10-12-23(27)25(15-21,18(5)6)19(7)8/h9-12,14-19,22-23H,13,26-27H2,1-8H3. The predicted molar refractivity (Wildman–Crippen MR) is 119 cm³/mol. The highest BCUT2D eigenvalue weighted by Gasteiger charge is 2.43. The SMILES string of the molecule is CC(C)C1(C(C)C)C=C(CC2=CC(C(C)C)(C(C)C)C(N)C=C2)C=CC1N. The van der Waals surface area contributed by atoms with Crippen LogP contribution in [0.5, 0.6) is 0 Å². The van der Waals surface area contributed by atoms with Crippen LogP contribution in [0.3, 0.4) is 0 Å². The Kier molecular flexibility index (Phi) is 6.64. The second-order valence-corrected chi connectivity index (χ2v) is 10.0. The predicted octanol–water partition coefficient (Wildman–Crippen LogP) is 5.62. The third-order valence-electron chi connectivity index (χ3n) is 7.47. The molecule has 2 heteroatoms. The van der Waals surface area contributed by atoms with Crippen LogP contribution in [-0.2, 0) is 0 Å². The van der Waals surface area contributed by atoms with E-state index >= 15 is 0 Å². The van der Waals surface area contributed by atoms with Crippen LogP contribution in [0.2, 0.25) is 0 Å². The fraction of sp³-hybridized carbons (Fsp3) is 0.680. The van der Waals surface area contributed by atoms with Crippen molar-refractivity contribution in [3.05, 3.63) is 47.6 Å². The zero-order valence-corrected chi connectivity index (χ0v) is 18.8. The van der Waals surface area contributed by atoms with Crippen molar-refractivity contribution in [2.24, 2.45) is 46.0 Å². The fourth-order valence-electron chi connectivity index (χ4n) is 5.71. The minimum absolute atomic E-state index is 0.0204. The van der Waals surface area contributed by atoms with Gasteiger partial charge in [0, 0.05) is 22.9 Å². The second kappa shape index (κ2) is 8.09. The number of hydrogen-bond acceptors (Lipinski definition) is 2. The van der Waals surface area contributed by atoms with Crippen molar-refractivity contribution in [2.45, 2.75) is 73.9 Å². The van der Waals surface area contributed by atoms with Crippen molar-refractivity contribution >= 4 is 0 Å². The molecule has 2 rings (SSSR count). The van der Waals surface area contributed by atoms with Crippen LogP contribution in [0.15, 0.2) is 47.6 Å². The lowest BCUT2D eigenvalue weighted by Crippen LogP contribution is -2.48. The zero-order chi connectivity index (χ0) is 20.6. The van der Waals surface area contributed by atoms with E-state index < -0.39 is 0 Å². The monoisotopic (exact) mass is 370 g/mol. The van der Waals surface area contributed by atoms with Gasteiger partial charge >= 0.3 is 0 Å². The molecule has 0 aromatic carbocycles. The van der Waals surface area contributed by atoms with Crippen LogP contribution in [0, 0.1) is 34.5 Å². The molecular weight excluding hydrogens is 328 g/mol. The van der Waals surface area contributed by atoms with Crippen LogP contribution in [0.4, 0.5) is 0 Å². The Morgan fingerprint density at radius 2 is 0.963 bits per heavy atom. The van der Waals surface area contributed by atoms with Gasteiger partial charge in [-0.2, -0.15) is 0 Å². The number of hydrogen-bond donors (Lipinski definition) is 2. The molecule has 0 aliphatic heterocycles. The van der Waals surface area contributed by atoms with Crippen molar-refractivity contribution in [3.8, 4) is 0 Å². The molecule has 0 bridgehead atoms. The van der Waals surface area contributed by atoms with Crippen molar-refractivity contribution in [1.82, 2.24) is 0 Å². The largest absolute Gasteiger partial charge is 0.324 e. The van der Waals surface area contributed by atoms with Gasteiger partial charge in [-0.15, -0.1) is 0 Å². The van der Waals surface area contributed by atoms with E-state index in [1.54, 1.807) is 0 Å². The van der Waals surface area contributed by atoms with E-state index in [-0.39, 0.29) is 22.9 Å². The van der Waals surface area contributed by atoms with E-state index in [0.717, 1.165) is 6.42 Å². The van der Waals surface area contributed by atoms with Crippen molar-refractivity contribution in [3.63, 3.8) is 0 Å². The minimum Gasteiger partial charge on any atom is -0.324 e. The molecule has 2 atom stereocenters. The van der Waals surface area contributed by atoms with Gasteiger partial charge in [0.1, 0.15) is 0 Å². The molecule has 0 aromatic rings. The Hall–Kier alpha value is -1.12. The molecule has 2 unspecified atom stereocenters. The van der Waals surface area contributed by atoms with Gasteiger partial charge in [0.2, 0.25) is 0 Å². The van der Waals surface area contributed by atoms with Crippen LogP contribution < -0.4 is 11.5 Å². The van der Waals surface area contributed by atoms with E-state index in [1.807, 2.05) is 0 Å². The normalized spacial score (nSPS) is 26.9. The topological polar surface area (TPSA) is 52.0 Å². The van der Waals surface area contributed by atoms with E-state index in [4.69, 9.17) is 11.5 Å². The van der Waals surface area contributed by atoms with Gasteiger partial charge < -0.3 is 11.5 Å². The van der Waals surface area contributed by atoms with E-state index in [9.17, 15) is 0 Å². The highest BCUT2D eigenvalue weighted by molar-refractivity contribution is 5.41. The molecule has 0 aromatic heterocycles. The number of rotatable bonds is 6. The van der Waals surface area contributed by atoms with Gasteiger partial charge in [0.05, 0.1) is 0 Å². The van der Waals surface area contributed by atoms with Gasteiger partial charge in [-0.1, -0.05) is 91.8 Å². The van der Waals surface area contributed by atoms with E-state index in [2.05, 4.69) is 91.8 Å². The summed E-state index contributed by atoms with van der Waals surface area (Å²) in [6.45, 7) is 18.4. The molecule has 27 heavy (non-hydrogen) atoms. The summed E-state index contributed by atoms with van der Waals surface area (Å²) in [7, 11) is 0. The lowest BCUT2D eigenvalue weighted by atomic mass is 9.60. The molecule has 0 heterocycles. The first-order valence-corrected chi connectivity index (χ1v) is 10.8. The molecule has 152 valence electrons. The quantitative estimate of drug-likeness (QED) is 0.637. The van der Waals surface area contributed by atoms with Crippen molar-refractivity contribution in [2.75, 3.05) is 0 Å². The van der Waals surface area contributed by atoms with E-state index in [0.29, 0.717) is 23.7 Å². The lowest BCUT2D eigenvalue weighted by Gasteiger charge is -2.46. The van der Waals surface area contributed by atoms with Gasteiger partial charge in [0.15, 0.2) is 0 Å². The summed E-state index contributed by atoms with van der Waals surface area (Å²) < 4.78 is 0. The first kappa shape index (κ1) is 22.2. The molecule has 0 saturated carbocycles. The molecule has 0 fully saturated rings. The third-order valence-corrected chi connectivity index (χ3v) is 7.47. The summed E-state index contributed by atoms with van der Waals surface area (Å²) in [6, 6.07) is 0.159. The second-order valence-electron chi connectivity index (χ2n) is 10.0. The highest BCUT2D eigenvalue weighted by atomic mass is 14.7. The van der Waals surface area contributed by atoms with Crippen LogP contribution in [-0.4, -0.2) is 12.1 Å². The minimum atomic E-state index is 0.0204. The van der Waals surface area contributed by atoms with Gasteiger partial charge in [-0.05, 0) is 41.2 Å². The molecule has 2 nitrogen and oxygen atoms in total. The summed E-state index contributed by atoms with van der Waals surface area (Å²) in [5.74, 6) is 2.01. The maximum Gasteiger partial charge on any atom is 0.0324 e. The smallest absolute Gasteiger partial charge is 0.0324 e. The molecule has 4 N–H and O–H groups in total. The molecule has 0 spiro atoms.